The Hall–Kier alpha value is -3.50. The normalized spacial score (nSPS) is 14.3. The molecule has 5 unspecified atom stereocenters. The molecule has 0 fully saturated rings. The van der Waals surface area contributed by atoms with Crippen LogP contribution in [0.4, 0.5) is 0 Å². The lowest BCUT2D eigenvalue weighted by Crippen LogP contribution is -2.30. The van der Waals surface area contributed by atoms with Crippen molar-refractivity contribution in [2.45, 2.75) is 367 Å². The van der Waals surface area contributed by atoms with Gasteiger partial charge in [-0.05, 0) is 122 Å². The van der Waals surface area contributed by atoms with E-state index in [4.69, 9.17) is 37.0 Å². The first-order valence-corrected chi connectivity index (χ1v) is 42.2. The van der Waals surface area contributed by atoms with Gasteiger partial charge in [-0.1, -0.05) is 274 Å². The summed E-state index contributed by atoms with van der Waals surface area (Å²) in [6.45, 7) is 4.80. The number of hydrogen-bond donors (Lipinski definition) is 3. The van der Waals surface area contributed by atoms with E-state index in [9.17, 15) is 43.2 Å². The third-order valence-corrected chi connectivity index (χ3v) is 18.5. The first-order chi connectivity index (χ1) is 47.7. The van der Waals surface area contributed by atoms with Gasteiger partial charge >= 0.3 is 39.5 Å². The second-order valence-corrected chi connectivity index (χ2v) is 29.2. The number of esters is 4. The number of carbonyl (C=O) groups is 4. The highest BCUT2D eigenvalue weighted by Gasteiger charge is 2.30. The van der Waals surface area contributed by atoms with E-state index in [1.165, 1.54) is 109 Å². The van der Waals surface area contributed by atoms with Crippen molar-refractivity contribution in [1.29, 1.82) is 0 Å². The van der Waals surface area contributed by atoms with Crippen LogP contribution in [0.5, 0.6) is 0 Å². The zero-order chi connectivity index (χ0) is 71.8. The molecule has 5 atom stereocenters. The van der Waals surface area contributed by atoms with Crippen molar-refractivity contribution in [3.05, 3.63) is 72.9 Å². The average Bonchev–Trinajstić information content (AvgIpc) is 1.04. The largest absolute Gasteiger partial charge is 0.472 e. The fraction of sp³-hybridized carbons (Fsp3) is 0.797. The molecular weight excluding hydrogens is 1280 g/mol. The highest BCUT2D eigenvalue weighted by molar-refractivity contribution is 7.47. The van der Waals surface area contributed by atoms with Crippen molar-refractivity contribution in [2.24, 2.45) is 0 Å². The first kappa shape index (κ1) is 94.5. The van der Waals surface area contributed by atoms with E-state index in [1.807, 2.05) is 0 Å². The molecule has 0 rings (SSSR count). The predicted molar refractivity (Wildman–Crippen MR) is 400 cm³/mol. The van der Waals surface area contributed by atoms with Gasteiger partial charge in [0.1, 0.15) is 19.3 Å². The van der Waals surface area contributed by atoms with E-state index < -0.39 is 97.5 Å². The van der Waals surface area contributed by atoms with Crippen LogP contribution in [0.25, 0.3) is 0 Å². The molecule has 3 N–H and O–H groups in total. The fourth-order valence-corrected chi connectivity index (χ4v) is 12.2. The van der Waals surface area contributed by atoms with Crippen LogP contribution in [0.2, 0.25) is 0 Å². The molecule has 19 heteroatoms. The number of aliphatic hydroxyl groups excluding tert-OH is 1. The quantitative estimate of drug-likeness (QED) is 0.0169. The maximum Gasteiger partial charge on any atom is 0.472 e. The Morgan fingerprint density at radius 2 is 0.500 bits per heavy atom. The van der Waals surface area contributed by atoms with Gasteiger partial charge in [0.2, 0.25) is 0 Å². The molecule has 0 saturated heterocycles. The van der Waals surface area contributed by atoms with Crippen LogP contribution < -0.4 is 0 Å². The minimum Gasteiger partial charge on any atom is -0.462 e. The summed E-state index contributed by atoms with van der Waals surface area (Å²) in [4.78, 5) is 72.9. The van der Waals surface area contributed by atoms with Crippen LogP contribution in [0.3, 0.4) is 0 Å². The van der Waals surface area contributed by atoms with Crippen LogP contribution in [0, 0.1) is 0 Å². The van der Waals surface area contributed by atoms with Crippen molar-refractivity contribution >= 4 is 39.5 Å². The van der Waals surface area contributed by atoms with Gasteiger partial charge in [0.25, 0.3) is 0 Å². The van der Waals surface area contributed by atoms with E-state index in [1.54, 1.807) is 0 Å². The number of allylic oxidation sites excluding steroid dienone is 12. The van der Waals surface area contributed by atoms with Gasteiger partial charge in [-0.2, -0.15) is 0 Å². The SMILES string of the molecule is CCCCCC=CCC=CCCCCCCCC(=O)OCC(COP(=O)(O)OCC(O)COP(=O)(O)OCC(COC(=O)CCCCCCCC=CCC=CCCCCC)OC(=O)CCCCCCCCCCCCCCC)OC(=O)CCCCCCCC=CCC=CCCCCC. The molecule has 570 valence electrons. The Morgan fingerprint density at radius 3 is 0.776 bits per heavy atom. The van der Waals surface area contributed by atoms with Crippen molar-refractivity contribution in [3.8, 4) is 0 Å². The van der Waals surface area contributed by atoms with Crippen molar-refractivity contribution in [3.63, 3.8) is 0 Å². The smallest absolute Gasteiger partial charge is 0.462 e. The Labute approximate surface area is 596 Å². The lowest BCUT2D eigenvalue weighted by Gasteiger charge is -2.21. The number of phosphoric acid groups is 2. The third-order valence-electron chi connectivity index (χ3n) is 16.6. The Kier molecular flexibility index (Phi) is 69.3. The summed E-state index contributed by atoms with van der Waals surface area (Å²) < 4.78 is 68.5. The van der Waals surface area contributed by atoms with E-state index >= 15 is 0 Å². The van der Waals surface area contributed by atoms with Crippen LogP contribution >= 0.6 is 15.6 Å². The molecule has 0 radical (unpaired) electrons. The van der Waals surface area contributed by atoms with Gasteiger partial charge in [0.15, 0.2) is 12.2 Å². The Morgan fingerprint density at radius 1 is 0.286 bits per heavy atom. The number of hydrogen-bond acceptors (Lipinski definition) is 15. The first-order valence-electron chi connectivity index (χ1n) is 39.2. The molecule has 0 spiro atoms. The monoisotopic (exact) mass is 1420 g/mol. The molecule has 0 aliphatic heterocycles. The van der Waals surface area contributed by atoms with Crippen LogP contribution in [0.1, 0.15) is 349 Å². The summed E-state index contributed by atoms with van der Waals surface area (Å²) in [7, 11) is -9.95. The van der Waals surface area contributed by atoms with E-state index in [-0.39, 0.29) is 25.7 Å². The molecule has 0 heterocycles. The fourth-order valence-electron chi connectivity index (χ4n) is 10.6. The van der Waals surface area contributed by atoms with E-state index in [0.717, 1.165) is 161 Å². The number of ether oxygens (including phenoxy) is 4. The van der Waals surface area contributed by atoms with Crippen molar-refractivity contribution in [2.75, 3.05) is 39.6 Å². The lowest BCUT2D eigenvalue weighted by atomic mass is 10.0. The summed E-state index contributed by atoms with van der Waals surface area (Å²) in [5.41, 5.74) is 0. The predicted octanol–water partition coefficient (Wildman–Crippen LogP) is 22.4. The molecule has 0 amide bonds. The van der Waals surface area contributed by atoms with Gasteiger partial charge < -0.3 is 33.8 Å². The second kappa shape index (κ2) is 71.9. The molecule has 0 aliphatic rings. The number of carbonyl (C=O) groups excluding carboxylic acids is 4. The standard InChI is InChI=1S/C79H142O17P2/c1-5-9-13-17-21-25-29-33-36-40-43-47-51-55-59-63-76(81)89-69-74(95-78(83)65-61-57-53-49-45-39-32-28-24-20-16-12-8-4)71-93-97(85,86)91-67-73(80)68-92-98(87,88)94-72-75(96-79(84)66-62-58-54-50-46-42-38-35-31-27-23-19-15-11-7-3)70-90-77(82)64-60-56-52-48-44-41-37-34-30-26-22-18-14-10-6-2/h21-23,25-27,33-38,73-75,80H,5-20,24,28-32,39-72H2,1-4H3,(H,85,86)(H,87,88). The summed E-state index contributed by atoms with van der Waals surface area (Å²) in [6.07, 6.45) is 71.6. The van der Waals surface area contributed by atoms with E-state index in [2.05, 4.69) is 101 Å². The maximum atomic E-state index is 13.1. The highest BCUT2D eigenvalue weighted by Crippen LogP contribution is 2.45. The molecule has 0 aromatic rings. The lowest BCUT2D eigenvalue weighted by molar-refractivity contribution is -0.161. The topological polar surface area (TPSA) is 237 Å². The zero-order valence-corrected chi connectivity index (χ0v) is 64.0. The molecular formula is C79H142O17P2. The van der Waals surface area contributed by atoms with Crippen LogP contribution in [0.15, 0.2) is 72.9 Å². The number of unbranched alkanes of at least 4 members (excludes halogenated alkanes) is 36. The van der Waals surface area contributed by atoms with Crippen molar-refractivity contribution < 1.29 is 80.2 Å². The average molecular weight is 1430 g/mol. The summed E-state index contributed by atoms with van der Waals surface area (Å²) in [6, 6.07) is 0. The van der Waals surface area contributed by atoms with Gasteiger partial charge in [0, 0.05) is 25.7 Å². The zero-order valence-electron chi connectivity index (χ0n) is 62.2. The Balaban J connectivity index is 5.36. The maximum absolute atomic E-state index is 13.1. The second-order valence-electron chi connectivity index (χ2n) is 26.3. The number of rotatable bonds is 74. The molecule has 0 aromatic heterocycles. The minimum absolute atomic E-state index is 0.0782. The number of phosphoric ester groups is 2. The Bertz CT molecular complexity index is 2140. The molecule has 17 nitrogen and oxygen atoms in total. The molecule has 98 heavy (non-hydrogen) atoms. The summed E-state index contributed by atoms with van der Waals surface area (Å²) in [5, 5.41) is 10.6. The molecule has 0 bridgehead atoms. The van der Waals surface area contributed by atoms with Gasteiger partial charge in [0.05, 0.1) is 26.4 Å². The molecule has 0 aromatic carbocycles. The molecule has 0 aliphatic carbocycles. The minimum atomic E-state index is -4.98. The summed E-state index contributed by atoms with van der Waals surface area (Å²) in [5.74, 6) is -2.19. The third kappa shape index (κ3) is 70.9. The van der Waals surface area contributed by atoms with Crippen LogP contribution in [-0.2, 0) is 65.4 Å². The summed E-state index contributed by atoms with van der Waals surface area (Å²) >= 11 is 0. The van der Waals surface area contributed by atoms with Gasteiger partial charge in [-0.25, -0.2) is 9.13 Å². The molecule has 0 saturated carbocycles. The number of aliphatic hydroxyl groups is 1. The van der Waals surface area contributed by atoms with Gasteiger partial charge in [-0.3, -0.25) is 37.3 Å². The van der Waals surface area contributed by atoms with Crippen molar-refractivity contribution in [1.82, 2.24) is 0 Å². The van der Waals surface area contributed by atoms with Crippen LogP contribution in [-0.4, -0.2) is 96.7 Å². The highest BCUT2D eigenvalue weighted by atomic mass is 31.2. The van der Waals surface area contributed by atoms with E-state index in [0.29, 0.717) is 25.7 Å². The van der Waals surface area contributed by atoms with Gasteiger partial charge in [-0.15, -0.1) is 0 Å².